The highest BCUT2D eigenvalue weighted by Crippen LogP contribution is 2.33. The molecule has 2 fully saturated rings. The average molecular weight is 513 g/mol. The number of amides is 3. The number of aromatic nitrogens is 1. The average Bonchev–Trinajstić information content (AvgIpc) is 3.12. The van der Waals surface area contributed by atoms with Crippen molar-refractivity contribution in [1.82, 2.24) is 15.6 Å². The number of hydrogen-bond donors (Lipinski definition) is 3. The lowest BCUT2D eigenvalue weighted by molar-refractivity contribution is -0.154. The zero-order valence-electron chi connectivity index (χ0n) is 21.1. The number of hydrogen-bond acceptors (Lipinski definition) is 5. The van der Waals surface area contributed by atoms with Gasteiger partial charge in [-0.2, -0.15) is 13.2 Å². The molecule has 2 aliphatic rings. The maximum absolute atomic E-state index is 13.2. The predicted octanol–water partition coefficient (Wildman–Crippen LogP) is 4.35. The number of anilines is 1. The minimum Gasteiger partial charge on any atom is -0.436 e. The van der Waals surface area contributed by atoms with E-state index in [1.807, 2.05) is 26.1 Å². The van der Waals surface area contributed by atoms with Crippen molar-refractivity contribution in [2.75, 3.05) is 5.32 Å². The molecule has 1 aliphatic heterocycles. The van der Waals surface area contributed by atoms with Crippen LogP contribution in [0.1, 0.15) is 65.4 Å². The van der Waals surface area contributed by atoms with Crippen molar-refractivity contribution in [2.45, 2.75) is 90.1 Å². The minimum atomic E-state index is -4.49. The first-order valence-corrected chi connectivity index (χ1v) is 12.3. The summed E-state index contributed by atoms with van der Waals surface area (Å²) in [5.74, 6) is -1.42. The van der Waals surface area contributed by atoms with Crippen molar-refractivity contribution < 1.29 is 32.3 Å². The molecule has 3 N–H and O–H groups in total. The third-order valence-corrected chi connectivity index (χ3v) is 6.62. The lowest BCUT2D eigenvalue weighted by atomic mass is 9.80. The number of nitrogens with one attached hydrogen (secondary N) is 3. The van der Waals surface area contributed by atoms with Gasteiger partial charge in [0.15, 0.2) is 6.10 Å². The third-order valence-electron chi connectivity index (χ3n) is 6.62. The van der Waals surface area contributed by atoms with Crippen LogP contribution in [0.5, 0.6) is 0 Å². The maximum atomic E-state index is 13.2. The van der Waals surface area contributed by atoms with Crippen molar-refractivity contribution in [3.63, 3.8) is 0 Å². The van der Waals surface area contributed by atoms with Gasteiger partial charge in [0.2, 0.25) is 5.91 Å². The smallest absolute Gasteiger partial charge is 0.408 e. The summed E-state index contributed by atoms with van der Waals surface area (Å²) in [6, 6.07) is 1.27. The molecule has 1 aromatic heterocycles. The van der Waals surface area contributed by atoms with E-state index < -0.39 is 47.7 Å². The summed E-state index contributed by atoms with van der Waals surface area (Å²) in [6.45, 7) is 7.57. The van der Waals surface area contributed by atoms with Crippen LogP contribution in [0.25, 0.3) is 0 Å². The normalized spacial score (nSPS) is 25.6. The van der Waals surface area contributed by atoms with Crippen molar-refractivity contribution in [3.05, 3.63) is 23.9 Å². The second kappa shape index (κ2) is 11.0. The predicted molar refractivity (Wildman–Crippen MR) is 127 cm³/mol. The summed E-state index contributed by atoms with van der Waals surface area (Å²) in [4.78, 5) is 41.8. The molecule has 11 heteroatoms. The van der Waals surface area contributed by atoms with E-state index in [1.54, 1.807) is 6.07 Å². The first-order valence-electron chi connectivity index (χ1n) is 12.3. The summed E-state index contributed by atoms with van der Waals surface area (Å²) >= 11 is 0. The Morgan fingerprint density at radius 1 is 1.19 bits per heavy atom. The fraction of sp³-hybridized carbons (Fsp3) is 0.680. The molecule has 1 saturated carbocycles. The van der Waals surface area contributed by atoms with Crippen LogP contribution in [-0.2, 0) is 20.7 Å². The number of pyridine rings is 1. The molecule has 2 heterocycles. The molecule has 3 amide bonds. The van der Waals surface area contributed by atoms with Crippen LogP contribution >= 0.6 is 0 Å². The Morgan fingerprint density at radius 2 is 1.86 bits per heavy atom. The molecule has 36 heavy (non-hydrogen) atoms. The molecule has 1 aliphatic carbocycles. The molecular formula is C25H35F3N4O4. The molecule has 8 nitrogen and oxygen atoms in total. The fourth-order valence-electron chi connectivity index (χ4n) is 4.69. The monoisotopic (exact) mass is 512 g/mol. The molecule has 200 valence electrons. The first kappa shape index (κ1) is 27.7. The highest BCUT2D eigenvalue weighted by Gasteiger charge is 2.47. The van der Waals surface area contributed by atoms with Gasteiger partial charge < -0.3 is 20.7 Å². The van der Waals surface area contributed by atoms with E-state index in [1.165, 1.54) is 12.3 Å². The number of alkyl carbamates (subject to hydrolysis) is 1. The molecule has 3 atom stereocenters. The molecule has 1 aromatic rings. The molecule has 1 saturated heterocycles. The van der Waals surface area contributed by atoms with Gasteiger partial charge in [-0.15, -0.1) is 0 Å². The zero-order chi connectivity index (χ0) is 26.7. The standard InChI is InChI=1S/C25H35F3N4O4/c1-14-5-7-16(8-6-14)20(36-23(35)32-24(2,3)4)22(34)31-19-12-15(9-10-29-19)11-17-13-18(25(26,27)28)30-21(17)33/h9-10,12,14,16-18,20H,5-8,11,13H2,1-4H3,(H,30,33)(H,32,35)(H,29,31,34)/t14?,16?,17-,18+,20+/m1/s1. The highest BCUT2D eigenvalue weighted by atomic mass is 19.4. The molecular weight excluding hydrogens is 477 g/mol. The van der Waals surface area contributed by atoms with Gasteiger partial charge in [0.25, 0.3) is 5.91 Å². The van der Waals surface area contributed by atoms with Gasteiger partial charge in [-0.1, -0.05) is 19.8 Å². The minimum absolute atomic E-state index is 0.0816. The second-order valence-corrected chi connectivity index (χ2v) is 11.0. The van der Waals surface area contributed by atoms with Gasteiger partial charge in [0.1, 0.15) is 11.9 Å². The number of halogens is 3. The van der Waals surface area contributed by atoms with Gasteiger partial charge in [-0.3, -0.25) is 9.59 Å². The molecule has 0 spiro atoms. The Balaban J connectivity index is 1.69. The van der Waals surface area contributed by atoms with Crippen molar-refractivity contribution >= 4 is 23.7 Å². The summed E-state index contributed by atoms with van der Waals surface area (Å²) in [5, 5.41) is 7.40. The van der Waals surface area contributed by atoms with Crippen LogP contribution in [0.15, 0.2) is 18.3 Å². The van der Waals surface area contributed by atoms with E-state index in [0.29, 0.717) is 11.5 Å². The van der Waals surface area contributed by atoms with Crippen LogP contribution in [0.4, 0.5) is 23.8 Å². The molecule has 0 unspecified atom stereocenters. The van der Waals surface area contributed by atoms with Crippen molar-refractivity contribution in [2.24, 2.45) is 17.8 Å². The summed E-state index contributed by atoms with van der Waals surface area (Å²) in [5.41, 5.74) is 0.0323. The van der Waals surface area contributed by atoms with Crippen molar-refractivity contribution in [1.29, 1.82) is 0 Å². The SMILES string of the molecule is CC1CCC([C@H](OC(=O)NC(C)(C)C)C(=O)Nc2cc(C[C@@H]3C[C@@H](C(F)(F)F)NC3=O)ccn2)CC1. The Morgan fingerprint density at radius 3 is 2.44 bits per heavy atom. The maximum Gasteiger partial charge on any atom is 0.408 e. The first-order chi connectivity index (χ1) is 16.7. The summed E-state index contributed by atoms with van der Waals surface area (Å²) in [6.07, 6.45) is -1.70. The topological polar surface area (TPSA) is 109 Å². The van der Waals surface area contributed by atoms with Gasteiger partial charge in [-0.25, -0.2) is 9.78 Å². The van der Waals surface area contributed by atoms with Gasteiger partial charge in [0, 0.05) is 23.6 Å². The van der Waals surface area contributed by atoms with Gasteiger partial charge in [-0.05, 0) is 70.1 Å². The van der Waals surface area contributed by atoms with E-state index in [-0.39, 0.29) is 24.6 Å². The third kappa shape index (κ3) is 7.83. The number of carbonyl (C=O) groups is 3. The summed E-state index contributed by atoms with van der Waals surface area (Å²) in [7, 11) is 0. The largest absolute Gasteiger partial charge is 0.436 e. The Bertz CT molecular complexity index is 955. The lowest BCUT2D eigenvalue weighted by Gasteiger charge is -2.32. The fourth-order valence-corrected chi connectivity index (χ4v) is 4.69. The quantitative estimate of drug-likeness (QED) is 0.525. The van der Waals surface area contributed by atoms with Crippen LogP contribution in [-0.4, -0.2) is 46.8 Å². The van der Waals surface area contributed by atoms with Crippen LogP contribution < -0.4 is 16.0 Å². The lowest BCUT2D eigenvalue weighted by Crippen LogP contribution is -2.47. The van der Waals surface area contributed by atoms with Crippen LogP contribution in [0.2, 0.25) is 0 Å². The van der Waals surface area contributed by atoms with Crippen LogP contribution in [0.3, 0.4) is 0 Å². The number of nitrogens with zero attached hydrogens (tertiary/aromatic N) is 1. The van der Waals surface area contributed by atoms with E-state index >= 15 is 0 Å². The van der Waals surface area contributed by atoms with E-state index in [2.05, 4.69) is 22.5 Å². The number of ether oxygens (including phenoxy) is 1. The molecule has 0 aromatic carbocycles. The van der Waals surface area contributed by atoms with Gasteiger partial charge in [0.05, 0.1) is 0 Å². The van der Waals surface area contributed by atoms with E-state index in [4.69, 9.17) is 4.74 Å². The summed E-state index contributed by atoms with van der Waals surface area (Å²) < 4.78 is 44.5. The molecule has 0 bridgehead atoms. The number of alkyl halides is 3. The van der Waals surface area contributed by atoms with Gasteiger partial charge >= 0.3 is 12.3 Å². The number of rotatable bonds is 6. The Labute approximate surface area is 209 Å². The Hall–Kier alpha value is -2.85. The van der Waals surface area contributed by atoms with E-state index in [9.17, 15) is 27.6 Å². The van der Waals surface area contributed by atoms with E-state index in [0.717, 1.165) is 25.7 Å². The highest BCUT2D eigenvalue weighted by molar-refractivity contribution is 5.94. The Kier molecular flexibility index (Phi) is 8.51. The molecule has 0 radical (unpaired) electrons. The molecule has 3 rings (SSSR count). The zero-order valence-corrected chi connectivity index (χ0v) is 21.1. The van der Waals surface area contributed by atoms with Crippen LogP contribution in [0, 0.1) is 17.8 Å². The number of carbonyl (C=O) groups excluding carboxylic acids is 3. The second-order valence-electron chi connectivity index (χ2n) is 11.0. The van der Waals surface area contributed by atoms with Crippen molar-refractivity contribution in [3.8, 4) is 0 Å².